The Labute approximate surface area is 130 Å². The Bertz CT molecular complexity index is 644. The summed E-state index contributed by atoms with van der Waals surface area (Å²) in [5.74, 6) is 1.54. The van der Waals surface area contributed by atoms with E-state index in [4.69, 9.17) is 4.74 Å². The Morgan fingerprint density at radius 2 is 2.32 bits per heavy atom. The van der Waals surface area contributed by atoms with Gasteiger partial charge in [-0.05, 0) is 31.4 Å². The molecular formula is C17H23N3O2. The van der Waals surface area contributed by atoms with Gasteiger partial charge in [0.1, 0.15) is 5.82 Å². The van der Waals surface area contributed by atoms with E-state index in [1.807, 2.05) is 18.2 Å². The van der Waals surface area contributed by atoms with Crippen LogP contribution in [0.4, 0.5) is 0 Å². The molecule has 0 saturated carbocycles. The number of aryl methyl sites for hydroxylation is 1. The number of benzene rings is 1. The van der Waals surface area contributed by atoms with Gasteiger partial charge in [-0.2, -0.15) is 0 Å². The highest BCUT2D eigenvalue weighted by atomic mass is 16.5. The lowest BCUT2D eigenvalue weighted by Crippen LogP contribution is -2.28. The monoisotopic (exact) mass is 301 g/mol. The van der Waals surface area contributed by atoms with Crippen molar-refractivity contribution in [3.05, 3.63) is 30.1 Å². The molecule has 0 spiro atoms. The Balaban J connectivity index is 1.56. The zero-order valence-electron chi connectivity index (χ0n) is 13.0. The van der Waals surface area contributed by atoms with Crippen LogP contribution in [0.5, 0.6) is 0 Å². The Kier molecular flexibility index (Phi) is 4.73. The van der Waals surface area contributed by atoms with Crippen LogP contribution in [-0.4, -0.2) is 35.2 Å². The molecule has 2 heterocycles. The number of aromatic nitrogens is 2. The second-order valence-electron chi connectivity index (χ2n) is 5.79. The summed E-state index contributed by atoms with van der Waals surface area (Å²) in [5, 5.41) is 3.01. The predicted molar refractivity (Wildman–Crippen MR) is 85.7 cm³/mol. The maximum Gasteiger partial charge on any atom is 0.220 e. The summed E-state index contributed by atoms with van der Waals surface area (Å²) in [6, 6.07) is 8.16. The number of hydrogen-bond acceptors (Lipinski definition) is 3. The van der Waals surface area contributed by atoms with Gasteiger partial charge in [0.25, 0.3) is 0 Å². The molecule has 1 N–H and O–H groups in total. The molecule has 1 aliphatic heterocycles. The van der Waals surface area contributed by atoms with Crippen molar-refractivity contribution < 1.29 is 9.53 Å². The first-order valence-corrected chi connectivity index (χ1v) is 8.06. The summed E-state index contributed by atoms with van der Waals surface area (Å²) in [6.45, 7) is 5.16. The van der Waals surface area contributed by atoms with Crippen molar-refractivity contribution in [2.45, 2.75) is 32.7 Å². The lowest BCUT2D eigenvalue weighted by molar-refractivity contribution is -0.122. The number of hydrogen-bond donors (Lipinski definition) is 1. The van der Waals surface area contributed by atoms with Crippen molar-refractivity contribution in [1.29, 1.82) is 0 Å². The van der Waals surface area contributed by atoms with Gasteiger partial charge >= 0.3 is 0 Å². The van der Waals surface area contributed by atoms with Crippen molar-refractivity contribution in [2.24, 2.45) is 5.92 Å². The molecule has 0 aliphatic carbocycles. The molecule has 1 saturated heterocycles. The van der Waals surface area contributed by atoms with E-state index >= 15 is 0 Å². The topological polar surface area (TPSA) is 56.2 Å². The number of imidazole rings is 1. The van der Waals surface area contributed by atoms with E-state index in [0.717, 1.165) is 49.5 Å². The van der Waals surface area contributed by atoms with Gasteiger partial charge in [0, 0.05) is 39.1 Å². The second-order valence-corrected chi connectivity index (χ2v) is 5.79. The van der Waals surface area contributed by atoms with Crippen LogP contribution in [0.1, 0.15) is 25.6 Å². The third-order valence-corrected chi connectivity index (χ3v) is 4.22. The third kappa shape index (κ3) is 3.30. The molecule has 1 atom stereocenters. The van der Waals surface area contributed by atoms with Gasteiger partial charge < -0.3 is 14.6 Å². The molecule has 0 unspecified atom stereocenters. The summed E-state index contributed by atoms with van der Waals surface area (Å²) in [7, 11) is 0. The molecule has 3 rings (SSSR count). The number of carbonyl (C=O) groups excluding carboxylic acids is 1. The van der Waals surface area contributed by atoms with Crippen LogP contribution >= 0.6 is 0 Å². The van der Waals surface area contributed by atoms with Crippen LogP contribution in [0, 0.1) is 5.92 Å². The number of amides is 1. The number of fused-ring (bicyclic) bond motifs is 1. The lowest BCUT2D eigenvalue weighted by atomic mass is 10.1. The summed E-state index contributed by atoms with van der Waals surface area (Å²) >= 11 is 0. The molecule has 5 nitrogen and oxygen atoms in total. The minimum Gasteiger partial charge on any atom is -0.381 e. The van der Waals surface area contributed by atoms with Crippen LogP contribution in [0.3, 0.4) is 0 Å². The van der Waals surface area contributed by atoms with Crippen LogP contribution in [0.15, 0.2) is 24.3 Å². The zero-order valence-corrected chi connectivity index (χ0v) is 13.0. The lowest BCUT2D eigenvalue weighted by Gasteiger charge is -2.09. The maximum atomic E-state index is 11.9. The highest BCUT2D eigenvalue weighted by Crippen LogP contribution is 2.17. The number of nitrogens with one attached hydrogen (secondary N) is 1. The first-order chi connectivity index (χ1) is 10.8. The summed E-state index contributed by atoms with van der Waals surface area (Å²) in [6.07, 6.45) is 2.33. The molecule has 1 aliphatic rings. The highest BCUT2D eigenvalue weighted by Gasteiger charge is 2.19. The minimum absolute atomic E-state index is 0.120. The van der Waals surface area contributed by atoms with Gasteiger partial charge in [-0.15, -0.1) is 0 Å². The van der Waals surface area contributed by atoms with E-state index in [0.29, 0.717) is 18.9 Å². The maximum absolute atomic E-state index is 11.9. The molecule has 1 fully saturated rings. The van der Waals surface area contributed by atoms with E-state index in [2.05, 4.69) is 27.9 Å². The summed E-state index contributed by atoms with van der Waals surface area (Å²) in [4.78, 5) is 16.6. The van der Waals surface area contributed by atoms with Gasteiger partial charge in [0.15, 0.2) is 0 Å². The largest absolute Gasteiger partial charge is 0.381 e. The first-order valence-electron chi connectivity index (χ1n) is 8.06. The van der Waals surface area contributed by atoms with Gasteiger partial charge in [0.05, 0.1) is 11.0 Å². The van der Waals surface area contributed by atoms with Gasteiger partial charge in [0.2, 0.25) is 5.91 Å². The summed E-state index contributed by atoms with van der Waals surface area (Å²) in [5.41, 5.74) is 2.18. The van der Waals surface area contributed by atoms with Crippen LogP contribution < -0.4 is 5.32 Å². The second kappa shape index (κ2) is 6.92. The molecule has 1 aromatic heterocycles. The quantitative estimate of drug-likeness (QED) is 0.889. The van der Waals surface area contributed by atoms with Crippen molar-refractivity contribution >= 4 is 16.9 Å². The van der Waals surface area contributed by atoms with Crippen LogP contribution in [-0.2, 0) is 22.5 Å². The predicted octanol–water partition coefficient (Wildman–Crippen LogP) is 2.14. The molecule has 5 heteroatoms. The minimum atomic E-state index is 0.120. The van der Waals surface area contributed by atoms with Crippen molar-refractivity contribution in [3.8, 4) is 0 Å². The van der Waals surface area contributed by atoms with E-state index < -0.39 is 0 Å². The highest BCUT2D eigenvalue weighted by molar-refractivity contribution is 5.77. The molecule has 22 heavy (non-hydrogen) atoms. The van der Waals surface area contributed by atoms with Gasteiger partial charge in [-0.25, -0.2) is 4.98 Å². The van der Waals surface area contributed by atoms with E-state index in [1.165, 1.54) is 0 Å². The van der Waals surface area contributed by atoms with Crippen LogP contribution in [0.25, 0.3) is 11.0 Å². The Hall–Kier alpha value is -1.88. The fourth-order valence-electron chi connectivity index (χ4n) is 3.06. The van der Waals surface area contributed by atoms with Gasteiger partial charge in [-0.3, -0.25) is 4.79 Å². The fourth-order valence-corrected chi connectivity index (χ4v) is 3.06. The molecular weight excluding hydrogens is 278 g/mol. The smallest absolute Gasteiger partial charge is 0.220 e. The normalized spacial score (nSPS) is 18.0. The molecule has 1 aromatic carbocycles. The average molecular weight is 301 g/mol. The fraction of sp³-hybridized carbons (Fsp3) is 0.529. The van der Waals surface area contributed by atoms with Crippen molar-refractivity contribution in [2.75, 3.05) is 19.8 Å². The van der Waals surface area contributed by atoms with Crippen LogP contribution in [0.2, 0.25) is 0 Å². The molecule has 0 bridgehead atoms. The zero-order chi connectivity index (χ0) is 15.4. The molecule has 0 radical (unpaired) electrons. The van der Waals surface area contributed by atoms with E-state index in [-0.39, 0.29) is 5.91 Å². The molecule has 2 aromatic rings. The average Bonchev–Trinajstić information content (AvgIpc) is 3.14. The van der Waals surface area contributed by atoms with E-state index in [1.54, 1.807) is 0 Å². The number of ether oxygens (including phenoxy) is 1. The molecule has 118 valence electrons. The van der Waals surface area contributed by atoms with Crippen molar-refractivity contribution in [1.82, 2.24) is 14.9 Å². The van der Waals surface area contributed by atoms with Crippen molar-refractivity contribution in [3.63, 3.8) is 0 Å². The Morgan fingerprint density at radius 3 is 3.09 bits per heavy atom. The SMILES string of the molecule is CCn1c(CCNC(=O)C[C@H]2CCOC2)nc2ccccc21. The summed E-state index contributed by atoms with van der Waals surface area (Å²) < 4.78 is 7.52. The number of nitrogens with zero attached hydrogens (tertiary/aromatic N) is 2. The van der Waals surface area contributed by atoms with E-state index in [9.17, 15) is 4.79 Å². The Morgan fingerprint density at radius 1 is 1.45 bits per heavy atom. The molecule has 1 amide bonds. The number of rotatable bonds is 6. The standard InChI is InChI=1S/C17H23N3O2/c1-2-20-15-6-4-3-5-14(15)19-16(20)7-9-18-17(21)11-13-8-10-22-12-13/h3-6,13H,2,7-12H2,1H3,(H,18,21)/t13-/m1/s1. The number of para-hydroxylation sites is 2. The van der Waals surface area contributed by atoms with Gasteiger partial charge in [-0.1, -0.05) is 12.1 Å². The third-order valence-electron chi connectivity index (χ3n) is 4.22. The first kappa shape index (κ1) is 15.0. The number of carbonyl (C=O) groups is 1.